The molecule has 0 fully saturated rings. The summed E-state index contributed by atoms with van der Waals surface area (Å²) in [5.41, 5.74) is 2.47. The summed E-state index contributed by atoms with van der Waals surface area (Å²) in [6, 6.07) is 6.13. The number of carboxylic acids is 1. The van der Waals surface area contributed by atoms with E-state index >= 15 is 0 Å². The highest BCUT2D eigenvalue weighted by atomic mass is 16.6. The van der Waals surface area contributed by atoms with E-state index in [-0.39, 0.29) is 0 Å². The second kappa shape index (κ2) is 5.72. The summed E-state index contributed by atoms with van der Waals surface area (Å²) >= 11 is 0. The minimum absolute atomic E-state index is 0.311. The molecule has 0 heterocycles. The van der Waals surface area contributed by atoms with Gasteiger partial charge in [-0.1, -0.05) is 6.07 Å². The number of amides is 1. The molecule has 0 radical (unpaired) electrons. The number of hydrogen-bond acceptors (Lipinski definition) is 4. The number of hydrogen-bond donors (Lipinski definition) is 2. The van der Waals surface area contributed by atoms with Crippen molar-refractivity contribution in [3.63, 3.8) is 0 Å². The summed E-state index contributed by atoms with van der Waals surface area (Å²) in [6.45, 7) is -0.449. The Balaban J connectivity index is 2.70. The number of carboxylic acid groups (broad SMARTS) is 1. The van der Waals surface area contributed by atoms with Gasteiger partial charge in [0.15, 0.2) is 6.61 Å². The van der Waals surface area contributed by atoms with Crippen LogP contribution >= 0.6 is 0 Å². The van der Waals surface area contributed by atoms with E-state index < -0.39 is 18.5 Å². The maximum absolute atomic E-state index is 11.3. The highest BCUT2D eigenvalue weighted by Gasteiger charge is 2.06. The molecule has 1 rings (SSSR count). The van der Waals surface area contributed by atoms with Crippen molar-refractivity contribution in [3.05, 3.63) is 29.8 Å². The molecule has 0 aliphatic heterocycles. The topological polar surface area (TPSA) is 84.9 Å². The number of carbonyl (C=O) groups is 2. The first kappa shape index (κ1) is 12.0. The smallest absolute Gasteiger partial charge is 0.341 e. The lowest BCUT2D eigenvalue weighted by Gasteiger charge is -2.05. The van der Waals surface area contributed by atoms with Gasteiger partial charge in [0.05, 0.1) is 7.11 Å². The van der Waals surface area contributed by atoms with Crippen molar-refractivity contribution in [1.29, 1.82) is 0 Å². The number of ether oxygens (including phenoxy) is 1. The third-order valence-corrected chi connectivity index (χ3v) is 1.65. The van der Waals surface area contributed by atoms with Crippen molar-refractivity contribution in [2.24, 2.45) is 0 Å². The highest BCUT2D eigenvalue weighted by Crippen LogP contribution is 2.13. The van der Waals surface area contributed by atoms with Crippen molar-refractivity contribution in [2.75, 3.05) is 13.7 Å². The van der Waals surface area contributed by atoms with Crippen LogP contribution in [0.3, 0.4) is 0 Å². The lowest BCUT2D eigenvalue weighted by Crippen LogP contribution is -2.21. The van der Waals surface area contributed by atoms with Crippen LogP contribution in [0.4, 0.5) is 0 Å². The molecule has 1 aromatic rings. The molecule has 0 aliphatic carbocycles. The van der Waals surface area contributed by atoms with Crippen LogP contribution in [0, 0.1) is 0 Å². The zero-order valence-corrected chi connectivity index (χ0v) is 8.60. The molecular formula is C10H11NO5. The first-order chi connectivity index (χ1) is 7.63. The van der Waals surface area contributed by atoms with Crippen LogP contribution < -0.4 is 10.2 Å². The van der Waals surface area contributed by atoms with Gasteiger partial charge in [-0.25, -0.2) is 10.3 Å². The van der Waals surface area contributed by atoms with Gasteiger partial charge in [-0.05, 0) is 18.2 Å². The SMILES string of the molecule is CONC(=O)c1cccc(OCC(=O)O)c1. The van der Waals surface area contributed by atoms with E-state index in [1.54, 1.807) is 18.2 Å². The normalized spacial score (nSPS) is 9.56. The first-order valence-electron chi connectivity index (χ1n) is 4.41. The zero-order valence-electron chi connectivity index (χ0n) is 8.60. The van der Waals surface area contributed by atoms with Crippen LogP contribution in [0.2, 0.25) is 0 Å². The predicted octanol–water partition coefficient (Wildman–Crippen LogP) is 0.441. The standard InChI is InChI=1S/C10H11NO5/c1-15-11-10(14)7-3-2-4-8(5-7)16-6-9(12)13/h2-5H,6H2,1H3,(H,11,14)(H,12,13). The molecule has 6 nitrogen and oxygen atoms in total. The maximum Gasteiger partial charge on any atom is 0.341 e. The summed E-state index contributed by atoms with van der Waals surface area (Å²) in [7, 11) is 1.32. The van der Waals surface area contributed by atoms with Gasteiger partial charge in [-0.3, -0.25) is 9.63 Å². The van der Waals surface area contributed by atoms with Crippen LogP contribution in [0.1, 0.15) is 10.4 Å². The van der Waals surface area contributed by atoms with E-state index in [4.69, 9.17) is 9.84 Å². The molecule has 86 valence electrons. The number of hydroxylamine groups is 1. The third kappa shape index (κ3) is 3.58. The minimum Gasteiger partial charge on any atom is -0.482 e. The average Bonchev–Trinajstić information content (AvgIpc) is 2.27. The van der Waals surface area contributed by atoms with Gasteiger partial charge in [-0.2, -0.15) is 0 Å². The molecule has 0 aromatic heterocycles. The van der Waals surface area contributed by atoms with Crippen molar-refractivity contribution in [1.82, 2.24) is 5.48 Å². The molecule has 16 heavy (non-hydrogen) atoms. The average molecular weight is 225 g/mol. The number of nitrogens with one attached hydrogen (secondary N) is 1. The maximum atomic E-state index is 11.3. The van der Waals surface area contributed by atoms with Crippen molar-refractivity contribution < 1.29 is 24.3 Å². The van der Waals surface area contributed by atoms with Crippen LogP contribution in [0.25, 0.3) is 0 Å². The molecule has 0 spiro atoms. The number of aliphatic carboxylic acids is 1. The molecule has 0 atom stereocenters. The molecular weight excluding hydrogens is 214 g/mol. The van der Waals surface area contributed by atoms with E-state index in [0.29, 0.717) is 11.3 Å². The van der Waals surface area contributed by atoms with Crippen LogP contribution in [0.15, 0.2) is 24.3 Å². The van der Waals surface area contributed by atoms with E-state index in [1.807, 2.05) is 0 Å². The van der Waals surface area contributed by atoms with Gasteiger partial charge < -0.3 is 9.84 Å². The van der Waals surface area contributed by atoms with Crippen molar-refractivity contribution in [3.8, 4) is 5.75 Å². The molecule has 1 aromatic carbocycles. The van der Waals surface area contributed by atoms with Crippen LogP contribution in [-0.2, 0) is 9.63 Å². The molecule has 1 amide bonds. The summed E-state index contributed by atoms with van der Waals surface area (Å²) < 4.78 is 4.92. The summed E-state index contributed by atoms with van der Waals surface area (Å²) in [6.07, 6.45) is 0. The lowest BCUT2D eigenvalue weighted by atomic mass is 10.2. The van der Waals surface area contributed by atoms with E-state index in [1.165, 1.54) is 13.2 Å². The molecule has 0 bridgehead atoms. The molecule has 0 unspecified atom stereocenters. The largest absolute Gasteiger partial charge is 0.482 e. The fourth-order valence-electron chi connectivity index (χ4n) is 1.02. The molecule has 0 aliphatic rings. The fraction of sp³-hybridized carbons (Fsp3) is 0.200. The summed E-state index contributed by atoms with van der Waals surface area (Å²) in [5.74, 6) is -1.19. The Morgan fingerprint density at radius 3 is 2.81 bits per heavy atom. The molecule has 6 heteroatoms. The second-order valence-corrected chi connectivity index (χ2v) is 2.85. The Morgan fingerprint density at radius 2 is 2.19 bits per heavy atom. The van der Waals surface area contributed by atoms with Gasteiger partial charge in [0, 0.05) is 5.56 Å². The van der Waals surface area contributed by atoms with Gasteiger partial charge in [0.25, 0.3) is 5.91 Å². The Morgan fingerprint density at radius 1 is 1.44 bits per heavy atom. The molecule has 0 saturated heterocycles. The predicted molar refractivity (Wildman–Crippen MR) is 54.0 cm³/mol. The number of rotatable bonds is 5. The zero-order chi connectivity index (χ0) is 12.0. The first-order valence-corrected chi connectivity index (χ1v) is 4.41. The monoisotopic (exact) mass is 225 g/mol. The lowest BCUT2D eigenvalue weighted by molar-refractivity contribution is -0.139. The summed E-state index contributed by atoms with van der Waals surface area (Å²) in [4.78, 5) is 26.1. The van der Waals surface area contributed by atoms with Crippen LogP contribution in [0.5, 0.6) is 5.75 Å². The van der Waals surface area contributed by atoms with E-state index in [9.17, 15) is 9.59 Å². The number of benzene rings is 1. The van der Waals surface area contributed by atoms with Crippen LogP contribution in [-0.4, -0.2) is 30.7 Å². The summed E-state index contributed by atoms with van der Waals surface area (Å²) in [5, 5.41) is 8.41. The van der Waals surface area contributed by atoms with Gasteiger partial charge in [0.2, 0.25) is 0 Å². The van der Waals surface area contributed by atoms with Crippen molar-refractivity contribution >= 4 is 11.9 Å². The van der Waals surface area contributed by atoms with E-state index in [0.717, 1.165) is 0 Å². The fourth-order valence-corrected chi connectivity index (χ4v) is 1.02. The Hall–Kier alpha value is -2.08. The minimum atomic E-state index is -1.08. The Kier molecular flexibility index (Phi) is 4.28. The van der Waals surface area contributed by atoms with Gasteiger partial charge >= 0.3 is 5.97 Å². The number of carbonyl (C=O) groups excluding carboxylic acids is 1. The highest BCUT2D eigenvalue weighted by molar-refractivity contribution is 5.93. The van der Waals surface area contributed by atoms with Gasteiger partial charge in [0.1, 0.15) is 5.75 Å². The Labute approximate surface area is 91.7 Å². The van der Waals surface area contributed by atoms with E-state index in [2.05, 4.69) is 10.3 Å². The quantitative estimate of drug-likeness (QED) is 0.710. The second-order valence-electron chi connectivity index (χ2n) is 2.85. The molecule has 2 N–H and O–H groups in total. The third-order valence-electron chi connectivity index (χ3n) is 1.65. The molecule has 0 saturated carbocycles. The van der Waals surface area contributed by atoms with Crippen molar-refractivity contribution in [2.45, 2.75) is 0 Å². The Bertz CT molecular complexity index is 391. The van der Waals surface area contributed by atoms with Gasteiger partial charge in [-0.15, -0.1) is 0 Å².